The fourth-order valence-corrected chi connectivity index (χ4v) is 8.31. The van der Waals surface area contributed by atoms with Crippen molar-refractivity contribution in [2.45, 2.75) is 58.6 Å². The van der Waals surface area contributed by atoms with Crippen LogP contribution in [0.1, 0.15) is 58.7 Å². The quantitative estimate of drug-likeness (QED) is 0.142. The summed E-state index contributed by atoms with van der Waals surface area (Å²) in [6.07, 6.45) is 0. The number of hydrogen-bond acceptors (Lipinski definition) is 7. The summed E-state index contributed by atoms with van der Waals surface area (Å²) in [7, 11) is -1.36. The number of benzene rings is 3. The third-order valence-electron chi connectivity index (χ3n) is 8.24. The van der Waals surface area contributed by atoms with Crippen molar-refractivity contribution < 1.29 is 18.5 Å². The van der Waals surface area contributed by atoms with E-state index in [0.717, 1.165) is 44.2 Å². The Morgan fingerprint density at radius 3 is 2.59 bits per heavy atom. The Hall–Kier alpha value is -3.66. The smallest absolute Gasteiger partial charge is 0.312 e. The van der Waals surface area contributed by atoms with Gasteiger partial charge in [-0.15, -0.1) is 11.3 Å². The number of nitrogens with one attached hydrogen (secondary N) is 1. The number of ether oxygens (including phenoxy) is 2. The van der Waals surface area contributed by atoms with E-state index >= 15 is 0 Å². The second-order valence-electron chi connectivity index (χ2n) is 11.6. The zero-order valence-electron chi connectivity index (χ0n) is 26.0. The van der Waals surface area contributed by atoms with Crippen LogP contribution in [0.25, 0.3) is 0 Å². The van der Waals surface area contributed by atoms with E-state index in [2.05, 4.69) is 24.4 Å². The highest BCUT2D eigenvalue weighted by Gasteiger charge is 2.42. The van der Waals surface area contributed by atoms with Crippen molar-refractivity contribution in [1.82, 2.24) is 4.31 Å². The number of rotatable bonds is 10. The van der Waals surface area contributed by atoms with Gasteiger partial charge in [0.25, 0.3) is 0 Å². The van der Waals surface area contributed by atoms with E-state index in [4.69, 9.17) is 15.2 Å². The van der Waals surface area contributed by atoms with Crippen molar-refractivity contribution in [3.8, 4) is 5.75 Å². The molecule has 2 atom stereocenters. The van der Waals surface area contributed by atoms with E-state index in [1.165, 1.54) is 0 Å². The number of fused-ring (bicyclic) bond motifs is 1. The number of thiophene rings is 1. The van der Waals surface area contributed by atoms with Crippen LogP contribution in [-0.2, 0) is 33.7 Å². The lowest BCUT2D eigenvalue weighted by Gasteiger charge is -2.33. The molecule has 2 heterocycles. The Kier molecular flexibility index (Phi) is 9.78. The Morgan fingerprint density at radius 1 is 1.11 bits per heavy atom. The van der Waals surface area contributed by atoms with Gasteiger partial charge in [-0.05, 0) is 81.1 Å². The average molecular weight is 632 g/mol. The van der Waals surface area contributed by atoms with Gasteiger partial charge in [0.2, 0.25) is 0 Å². The normalized spacial score (nSPS) is 16.0. The Balaban J connectivity index is 1.51. The monoisotopic (exact) mass is 631 g/mol. The molecular formula is C35H41N3O4S2. The van der Waals surface area contributed by atoms with Crippen molar-refractivity contribution in [2.24, 2.45) is 5.41 Å². The summed E-state index contributed by atoms with van der Waals surface area (Å²) >= 11 is 1.66. The summed E-state index contributed by atoms with van der Waals surface area (Å²) in [5, 5.41) is 3.34. The number of esters is 1. The van der Waals surface area contributed by atoms with Gasteiger partial charge in [0.1, 0.15) is 29.9 Å². The molecule has 0 aliphatic carbocycles. The molecule has 9 heteroatoms. The molecule has 232 valence electrons. The molecule has 0 spiro atoms. The average Bonchev–Trinajstić information content (AvgIpc) is 3.29. The second-order valence-corrected chi connectivity index (χ2v) is 14.4. The Morgan fingerprint density at radius 2 is 1.84 bits per heavy atom. The van der Waals surface area contributed by atoms with Gasteiger partial charge < -0.3 is 20.5 Å². The van der Waals surface area contributed by atoms with Crippen LogP contribution in [0.3, 0.4) is 0 Å². The lowest BCUT2D eigenvalue weighted by Crippen LogP contribution is -2.34. The molecular weight excluding hydrogens is 591 g/mol. The van der Waals surface area contributed by atoms with Gasteiger partial charge in [-0.1, -0.05) is 48.5 Å². The largest absolute Gasteiger partial charge is 0.491 e. The predicted octanol–water partition coefficient (Wildman–Crippen LogP) is 7.20. The van der Waals surface area contributed by atoms with Gasteiger partial charge in [-0.3, -0.25) is 4.79 Å². The van der Waals surface area contributed by atoms with Crippen LogP contribution in [0.15, 0.2) is 77.7 Å². The van der Waals surface area contributed by atoms with E-state index in [1.54, 1.807) is 11.3 Å². The zero-order valence-corrected chi connectivity index (χ0v) is 27.6. The minimum Gasteiger partial charge on any atom is -0.491 e. The van der Waals surface area contributed by atoms with Crippen LogP contribution in [0.2, 0.25) is 0 Å². The van der Waals surface area contributed by atoms with Crippen molar-refractivity contribution in [3.63, 3.8) is 0 Å². The first-order valence-corrected chi connectivity index (χ1v) is 16.9. The SMILES string of the molecule is CCNc1ccc(C(c2cc(CN3CCOc4ccccc4S3=O)c(C)s2)C(C)(C)C(=O)OCc2ccccc2)c(C)c1N. The third kappa shape index (κ3) is 6.55. The lowest BCUT2D eigenvalue weighted by molar-refractivity contribution is -0.156. The molecule has 0 amide bonds. The molecule has 0 fully saturated rings. The third-order valence-corrected chi connectivity index (χ3v) is 10.9. The molecule has 1 aliphatic rings. The van der Waals surface area contributed by atoms with Crippen molar-refractivity contribution in [1.29, 1.82) is 0 Å². The van der Waals surface area contributed by atoms with E-state index < -0.39 is 16.4 Å². The summed E-state index contributed by atoms with van der Waals surface area (Å²) in [5.41, 5.74) is 11.2. The number of nitrogen functional groups attached to an aromatic ring is 1. The fraction of sp³-hybridized carbons (Fsp3) is 0.343. The van der Waals surface area contributed by atoms with Crippen molar-refractivity contribution in [3.05, 3.63) is 105 Å². The summed E-state index contributed by atoms with van der Waals surface area (Å²) in [6.45, 7) is 12.5. The number of nitrogens with two attached hydrogens (primary N) is 1. The van der Waals surface area contributed by atoms with Crippen molar-refractivity contribution in [2.75, 3.05) is 30.7 Å². The molecule has 4 aromatic rings. The van der Waals surface area contributed by atoms with Crippen LogP contribution in [0, 0.1) is 19.3 Å². The molecule has 1 aromatic heterocycles. The number of para-hydroxylation sites is 1. The van der Waals surface area contributed by atoms with E-state index in [9.17, 15) is 9.00 Å². The Bertz CT molecular complexity index is 1650. The highest BCUT2D eigenvalue weighted by molar-refractivity contribution is 7.82. The summed E-state index contributed by atoms with van der Waals surface area (Å²) in [4.78, 5) is 16.7. The van der Waals surface area contributed by atoms with Gasteiger partial charge in [0.15, 0.2) is 0 Å². The van der Waals surface area contributed by atoms with Gasteiger partial charge >= 0.3 is 5.97 Å². The summed E-state index contributed by atoms with van der Waals surface area (Å²) < 4.78 is 27.4. The molecule has 3 N–H and O–H groups in total. The van der Waals surface area contributed by atoms with E-state index in [1.807, 2.05) is 92.7 Å². The molecule has 1 aliphatic heterocycles. The number of aryl methyl sites for hydroxylation is 1. The van der Waals surface area contributed by atoms with Crippen LogP contribution in [-0.4, -0.2) is 34.2 Å². The van der Waals surface area contributed by atoms with Crippen LogP contribution >= 0.6 is 11.3 Å². The molecule has 0 bridgehead atoms. The number of carbonyl (C=O) groups excluding carboxylic acids is 1. The fourth-order valence-electron chi connectivity index (χ4n) is 5.69. The first-order valence-electron chi connectivity index (χ1n) is 14.9. The molecule has 0 radical (unpaired) electrons. The molecule has 3 aromatic carbocycles. The number of nitrogens with zero attached hydrogens (tertiary/aromatic N) is 1. The molecule has 0 saturated heterocycles. The number of hydrogen-bond donors (Lipinski definition) is 2. The molecule has 5 rings (SSSR count). The Labute approximate surface area is 267 Å². The number of anilines is 2. The highest BCUT2D eigenvalue weighted by Crippen LogP contribution is 2.48. The maximum atomic E-state index is 13.9. The molecule has 0 saturated carbocycles. The topological polar surface area (TPSA) is 93.9 Å². The highest BCUT2D eigenvalue weighted by atomic mass is 32.2. The summed E-state index contributed by atoms with van der Waals surface area (Å²) in [5.74, 6) is 0.0657. The van der Waals surface area contributed by atoms with Crippen LogP contribution < -0.4 is 15.8 Å². The van der Waals surface area contributed by atoms with Crippen molar-refractivity contribution >= 4 is 39.7 Å². The van der Waals surface area contributed by atoms with E-state index in [-0.39, 0.29) is 18.5 Å². The van der Waals surface area contributed by atoms with Gasteiger partial charge in [-0.25, -0.2) is 8.51 Å². The minimum atomic E-state index is -1.36. The molecule has 7 nitrogen and oxygen atoms in total. The lowest BCUT2D eigenvalue weighted by atomic mass is 9.72. The maximum absolute atomic E-state index is 13.9. The second kappa shape index (κ2) is 13.5. The van der Waals surface area contributed by atoms with Gasteiger partial charge in [0.05, 0.1) is 21.7 Å². The minimum absolute atomic E-state index is 0.204. The van der Waals surface area contributed by atoms with E-state index in [0.29, 0.717) is 36.0 Å². The standard InChI is InChI=1S/C35H41N3O4S2/c1-6-37-28-17-16-27(23(2)33(28)36)32(35(4,5)34(39)42-22-25-12-8-7-9-13-25)30-20-26(24(3)43-30)21-38-18-19-41-29-14-10-11-15-31(29)44(38)40/h7-17,20,32,37H,6,18-19,21-22,36H2,1-5H3. The zero-order chi connectivity index (χ0) is 31.4. The van der Waals surface area contributed by atoms with Crippen LogP contribution in [0.5, 0.6) is 5.75 Å². The predicted molar refractivity (Wildman–Crippen MR) is 179 cm³/mol. The van der Waals surface area contributed by atoms with Gasteiger partial charge in [0, 0.05) is 35.3 Å². The van der Waals surface area contributed by atoms with Gasteiger partial charge in [-0.2, -0.15) is 0 Å². The number of carbonyl (C=O) groups is 1. The summed E-state index contributed by atoms with van der Waals surface area (Å²) in [6, 6.07) is 23.5. The first kappa shape index (κ1) is 31.8. The molecule has 44 heavy (non-hydrogen) atoms. The first-order chi connectivity index (χ1) is 21.1. The molecule has 2 unspecified atom stereocenters. The van der Waals surface area contributed by atoms with Crippen LogP contribution in [0.4, 0.5) is 11.4 Å². The maximum Gasteiger partial charge on any atom is 0.312 e.